The number of pyridine rings is 2. The number of hydrogen-bond acceptors (Lipinski definition) is 4. The maximum Gasteiger partial charge on any atom is 0.339 e. The molecule has 1 aliphatic carbocycles. The molecule has 2 aromatic rings. The summed E-state index contributed by atoms with van der Waals surface area (Å²) in [7, 11) is 0. The lowest BCUT2D eigenvalue weighted by Gasteiger charge is -2.21. The molecule has 2 aromatic heterocycles. The Morgan fingerprint density at radius 3 is 2.95 bits per heavy atom. The number of hydrogen-bond donors (Lipinski definition) is 2. The van der Waals surface area contributed by atoms with Crippen LogP contribution in [0.3, 0.4) is 0 Å². The molecule has 0 aromatic carbocycles. The first kappa shape index (κ1) is 11.9. The fourth-order valence-electron chi connectivity index (χ4n) is 2.71. The van der Waals surface area contributed by atoms with Crippen molar-refractivity contribution in [2.75, 3.05) is 5.73 Å². The van der Waals surface area contributed by atoms with Gasteiger partial charge in [0.2, 0.25) is 0 Å². The standard InChI is InChI=1S/C14H15N3O2/c1-7-3-2-4-8-5-9-6-10(14(18)19)12(15)17-13(9)16-11(7)8/h5-7H,2-4H2,1H3,(H,18,19)(H2,15,16,17)/t7-/m1/s1. The highest BCUT2D eigenvalue weighted by Crippen LogP contribution is 2.32. The van der Waals surface area contributed by atoms with Gasteiger partial charge < -0.3 is 10.8 Å². The molecule has 1 atom stereocenters. The van der Waals surface area contributed by atoms with Crippen molar-refractivity contribution in [2.24, 2.45) is 0 Å². The molecule has 98 valence electrons. The highest BCUT2D eigenvalue weighted by Gasteiger charge is 2.20. The van der Waals surface area contributed by atoms with E-state index in [2.05, 4.69) is 16.9 Å². The Labute approximate surface area is 110 Å². The summed E-state index contributed by atoms with van der Waals surface area (Å²) >= 11 is 0. The van der Waals surface area contributed by atoms with Crippen LogP contribution in [0.2, 0.25) is 0 Å². The van der Waals surface area contributed by atoms with E-state index in [-0.39, 0.29) is 11.4 Å². The first-order valence-corrected chi connectivity index (χ1v) is 6.39. The Bertz CT molecular complexity index is 682. The molecule has 0 bridgehead atoms. The minimum absolute atomic E-state index is 0.0240. The number of fused-ring (bicyclic) bond motifs is 2. The summed E-state index contributed by atoms with van der Waals surface area (Å²) < 4.78 is 0. The van der Waals surface area contributed by atoms with Gasteiger partial charge in [0.25, 0.3) is 0 Å². The summed E-state index contributed by atoms with van der Waals surface area (Å²) in [6.07, 6.45) is 3.28. The second-order valence-corrected chi connectivity index (χ2v) is 5.10. The van der Waals surface area contributed by atoms with Gasteiger partial charge in [0, 0.05) is 11.1 Å². The minimum Gasteiger partial charge on any atom is -0.478 e. The summed E-state index contributed by atoms with van der Waals surface area (Å²) in [5.41, 5.74) is 8.52. The number of aryl methyl sites for hydroxylation is 1. The van der Waals surface area contributed by atoms with E-state index in [4.69, 9.17) is 10.8 Å². The summed E-state index contributed by atoms with van der Waals surface area (Å²) in [5.74, 6) is -0.607. The average molecular weight is 257 g/mol. The molecule has 0 unspecified atom stereocenters. The van der Waals surface area contributed by atoms with Crippen molar-refractivity contribution >= 4 is 22.8 Å². The number of anilines is 1. The van der Waals surface area contributed by atoms with Crippen molar-refractivity contribution < 1.29 is 9.90 Å². The van der Waals surface area contributed by atoms with Crippen LogP contribution in [0.15, 0.2) is 12.1 Å². The minimum atomic E-state index is -1.06. The molecule has 0 aliphatic heterocycles. The molecule has 2 heterocycles. The second-order valence-electron chi connectivity index (χ2n) is 5.10. The van der Waals surface area contributed by atoms with Gasteiger partial charge in [-0.2, -0.15) is 0 Å². The maximum absolute atomic E-state index is 11.1. The smallest absolute Gasteiger partial charge is 0.339 e. The third-order valence-corrected chi connectivity index (χ3v) is 3.73. The van der Waals surface area contributed by atoms with Crippen LogP contribution in [0, 0.1) is 0 Å². The lowest BCUT2D eigenvalue weighted by molar-refractivity contribution is 0.0698. The van der Waals surface area contributed by atoms with E-state index < -0.39 is 5.97 Å². The summed E-state index contributed by atoms with van der Waals surface area (Å²) in [6, 6.07) is 3.57. The Kier molecular flexibility index (Phi) is 2.62. The van der Waals surface area contributed by atoms with Crippen LogP contribution in [0.1, 0.15) is 47.3 Å². The van der Waals surface area contributed by atoms with Gasteiger partial charge in [0.1, 0.15) is 11.4 Å². The largest absolute Gasteiger partial charge is 0.478 e. The van der Waals surface area contributed by atoms with Crippen molar-refractivity contribution in [1.29, 1.82) is 0 Å². The van der Waals surface area contributed by atoms with Crippen molar-refractivity contribution in [3.8, 4) is 0 Å². The fraction of sp³-hybridized carbons (Fsp3) is 0.357. The van der Waals surface area contributed by atoms with Gasteiger partial charge >= 0.3 is 5.97 Å². The molecular weight excluding hydrogens is 242 g/mol. The van der Waals surface area contributed by atoms with Gasteiger partial charge in [-0.1, -0.05) is 6.92 Å². The molecule has 0 spiro atoms. The van der Waals surface area contributed by atoms with E-state index in [1.807, 2.05) is 6.07 Å². The average Bonchev–Trinajstić information content (AvgIpc) is 2.36. The Morgan fingerprint density at radius 1 is 1.42 bits per heavy atom. The Balaban J connectivity index is 2.25. The van der Waals surface area contributed by atoms with Gasteiger partial charge in [-0.15, -0.1) is 0 Å². The third kappa shape index (κ3) is 1.91. The topological polar surface area (TPSA) is 89.1 Å². The predicted octanol–water partition coefficient (Wildman–Crippen LogP) is 2.35. The second kappa shape index (κ2) is 4.19. The molecule has 0 saturated heterocycles. The van der Waals surface area contributed by atoms with E-state index in [0.717, 1.165) is 30.3 Å². The number of nitrogen functional groups attached to an aromatic ring is 1. The van der Waals surface area contributed by atoms with Gasteiger partial charge in [0.15, 0.2) is 5.65 Å². The van der Waals surface area contributed by atoms with Crippen molar-refractivity contribution in [3.63, 3.8) is 0 Å². The summed E-state index contributed by atoms with van der Waals surface area (Å²) in [6.45, 7) is 2.16. The zero-order valence-corrected chi connectivity index (χ0v) is 10.7. The Morgan fingerprint density at radius 2 is 2.21 bits per heavy atom. The maximum atomic E-state index is 11.1. The van der Waals surface area contributed by atoms with Crippen LogP contribution in [0.25, 0.3) is 11.0 Å². The lowest BCUT2D eigenvalue weighted by Crippen LogP contribution is -2.11. The number of aromatic carboxylic acids is 1. The molecule has 3 rings (SSSR count). The SMILES string of the molecule is C[C@@H]1CCCc2cc3cc(C(=O)O)c(N)nc3nc21. The van der Waals surface area contributed by atoms with E-state index in [1.54, 1.807) is 6.07 Å². The van der Waals surface area contributed by atoms with Crippen molar-refractivity contribution in [2.45, 2.75) is 32.1 Å². The molecular formula is C14H15N3O2. The molecule has 5 heteroatoms. The summed E-state index contributed by atoms with van der Waals surface area (Å²) in [5, 5.41) is 9.81. The van der Waals surface area contributed by atoms with E-state index in [1.165, 1.54) is 5.56 Å². The quantitative estimate of drug-likeness (QED) is 0.818. The van der Waals surface area contributed by atoms with Gasteiger partial charge in [-0.3, -0.25) is 0 Å². The molecule has 19 heavy (non-hydrogen) atoms. The Hall–Kier alpha value is -2.17. The molecule has 0 saturated carbocycles. The number of aromatic nitrogens is 2. The summed E-state index contributed by atoms with van der Waals surface area (Å²) in [4.78, 5) is 19.8. The number of carboxylic acids is 1. The molecule has 0 amide bonds. The van der Waals surface area contributed by atoms with Gasteiger partial charge in [-0.25, -0.2) is 14.8 Å². The molecule has 5 nitrogen and oxygen atoms in total. The highest BCUT2D eigenvalue weighted by molar-refractivity contribution is 5.96. The van der Waals surface area contributed by atoms with Crippen molar-refractivity contribution in [3.05, 3.63) is 29.0 Å². The number of rotatable bonds is 1. The van der Waals surface area contributed by atoms with Gasteiger partial charge in [0.05, 0.1) is 0 Å². The lowest BCUT2D eigenvalue weighted by atomic mass is 9.87. The first-order valence-electron chi connectivity index (χ1n) is 6.39. The van der Waals surface area contributed by atoms with E-state index in [0.29, 0.717) is 11.6 Å². The predicted molar refractivity (Wildman–Crippen MR) is 72.3 cm³/mol. The number of carboxylic acid groups (broad SMARTS) is 1. The van der Waals surface area contributed by atoms with Crippen LogP contribution in [0.4, 0.5) is 5.82 Å². The molecule has 3 N–H and O–H groups in total. The van der Waals surface area contributed by atoms with Crippen molar-refractivity contribution in [1.82, 2.24) is 9.97 Å². The van der Waals surface area contributed by atoms with Crippen LogP contribution < -0.4 is 5.73 Å². The molecule has 0 fully saturated rings. The highest BCUT2D eigenvalue weighted by atomic mass is 16.4. The monoisotopic (exact) mass is 257 g/mol. The van der Waals surface area contributed by atoms with Gasteiger partial charge in [-0.05, 0) is 42.9 Å². The molecule has 0 radical (unpaired) electrons. The third-order valence-electron chi connectivity index (χ3n) is 3.73. The van der Waals surface area contributed by atoms with Crippen LogP contribution in [-0.4, -0.2) is 21.0 Å². The number of nitrogens with two attached hydrogens (primary N) is 1. The first-order chi connectivity index (χ1) is 9.06. The fourth-order valence-corrected chi connectivity index (χ4v) is 2.71. The van der Waals surface area contributed by atoms with Crippen LogP contribution >= 0.6 is 0 Å². The zero-order chi connectivity index (χ0) is 13.6. The normalized spacial score (nSPS) is 18.3. The number of nitrogens with zero attached hydrogens (tertiary/aromatic N) is 2. The zero-order valence-electron chi connectivity index (χ0n) is 10.7. The molecule has 1 aliphatic rings. The number of carbonyl (C=O) groups is 1. The van der Waals surface area contributed by atoms with Crippen LogP contribution in [-0.2, 0) is 6.42 Å². The van der Waals surface area contributed by atoms with Crippen LogP contribution in [0.5, 0.6) is 0 Å². The van der Waals surface area contributed by atoms with E-state index in [9.17, 15) is 4.79 Å². The van der Waals surface area contributed by atoms with E-state index >= 15 is 0 Å².